The van der Waals surface area contributed by atoms with E-state index < -0.39 is 10.8 Å². The van der Waals surface area contributed by atoms with Gasteiger partial charge in [0.2, 0.25) is 0 Å². The summed E-state index contributed by atoms with van der Waals surface area (Å²) in [5, 5.41) is 2.64. The predicted molar refractivity (Wildman–Crippen MR) is 50.6 cm³/mol. The van der Waals surface area contributed by atoms with Crippen molar-refractivity contribution in [1.29, 1.82) is 0 Å². The molecule has 1 atom stereocenters. The summed E-state index contributed by atoms with van der Waals surface area (Å²) in [6.45, 7) is 2.35. The fourth-order valence-corrected chi connectivity index (χ4v) is 1.19. The molecule has 1 N–H and O–H groups in total. The molecule has 72 valence electrons. The Balaban J connectivity index is 3.44. The average molecular weight is 192 g/mol. The quantitative estimate of drug-likeness (QED) is 0.683. The van der Waals surface area contributed by atoms with Gasteiger partial charge in [0.15, 0.2) is 0 Å². The molecule has 2 amide bonds. The Morgan fingerprint density at radius 2 is 2.08 bits per heavy atom. The van der Waals surface area contributed by atoms with Crippen molar-refractivity contribution >= 4 is 16.8 Å². The van der Waals surface area contributed by atoms with Gasteiger partial charge in [-0.05, 0) is 0 Å². The van der Waals surface area contributed by atoms with Crippen molar-refractivity contribution in [3.8, 4) is 0 Å². The Morgan fingerprint density at radius 3 is 2.50 bits per heavy atom. The number of nitrogens with one attached hydrogen (secondary N) is 1. The highest BCUT2D eigenvalue weighted by molar-refractivity contribution is 7.84. The van der Waals surface area contributed by atoms with Gasteiger partial charge in [-0.25, -0.2) is 4.79 Å². The second-order valence-electron chi connectivity index (χ2n) is 2.56. The standard InChI is InChI=1S/C7H16N2O2S/c1-4-12(11)6-5-8-7(10)9(2)3/h4-6H2,1-3H3,(H,8,10). The van der Waals surface area contributed by atoms with Gasteiger partial charge >= 0.3 is 6.03 Å². The van der Waals surface area contributed by atoms with Crippen molar-refractivity contribution in [2.45, 2.75) is 6.92 Å². The number of rotatable bonds is 4. The molecule has 0 heterocycles. The molecule has 0 aromatic rings. The first-order valence-corrected chi connectivity index (χ1v) is 5.36. The second-order valence-corrected chi connectivity index (χ2v) is 4.42. The Morgan fingerprint density at radius 1 is 1.50 bits per heavy atom. The summed E-state index contributed by atoms with van der Waals surface area (Å²) < 4.78 is 10.9. The molecule has 0 bridgehead atoms. The summed E-state index contributed by atoms with van der Waals surface area (Å²) in [5.74, 6) is 1.19. The number of urea groups is 1. The highest BCUT2D eigenvalue weighted by atomic mass is 32.2. The van der Waals surface area contributed by atoms with Gasteiger partial charge in [0.05, 0.1) is 0 Å². The number of hydrogen-bond acceptors (Lipinski definition) is 2. The first-order valence-electron chi connectivity index (χ1n) is 3.88. The Labute approximate surface area is 75.8 Å². The van der Waals surface area contributed by atoms with Gasteiger partial charge in [-0.2, -0.15) is 0 Å². The van der Waals surface area contributed by atoms with Gasteiger partial charge in [-0.1, -0.05) is 6.92 Å². The first-order chi connectivity index (χ1) is 5.57. The predicted octanol–water partition coefficient (Wildman–Crippen LogP) is 0.0262. The zero-order chi connectivity index (χ0) is 9.56. The molecule has 0 aromatic heterocycles. The van der Waals surface area contributed by atoms with E-state index >= 15 is 0 Å². The SMILES string of the molecule is CCS(=O)CCNC(=O)N(C)C. The van der Waals surface area contributed by atoms with Crippen LogP contribution in [0.4, 0.5) is 4.79 Å². The van der Waals surface area contributed by atoms with Crippen LogP contribution < -0.4 is 5.32 Å². The summed E-state index contributed by atoms with van der Waals surface area (Å²) in [4.78, 5) is 12.4. The van der Waals surface area contributed by atoms with Gasteiger partial charge in [-0.3, -0.25) is 4.21 Å². The van der Waals surface area contributed by atoms with Crippen LogP contribution in [0.1, 0.15) is 6.92 Å². The van der Waals surface area contributed by atoms with Crippen LogP contribution in [0.25, 0.3) is 0 Å². The van der Waals surface area contributed by atoms with Crippen molar-refractivity contribution in [2.24, 2.45) is 0 Å². The average Bonchev–Trinajstić information content (AvgIpc) is 2.03. The van der Waals surface area contributed by atoms with E-state index in [-0.39, 0.29) is 6.03 Å². The third kappa shape index (κ3) is 5.12. The lowest BCUT2D eigenvalue weighted by Gasteiger charge is -2.11. The maximum absolute atomic E-state index is 10.9. The first kappa shape index (κ1) is 11.4. The maximum atomic E-state index is 10.9. The summed E-state index contributed by atoms with van der Waals surface area (Å²) in [7, 11) is 2.56. The molecular weight excluding hydrogens is 176 g/mol. The van der Waals surface area contributed by atoms with Crippen LogP contribution in [0.3, 0.4) is 0 Å². The maximum Gasteiger partial charge on any atom is 0.316 e. The number of nitrogens with zero attached hydrogens (tertiary/aromatic N) is 1. The number of carbonyl (C=O) groups excluding carboxylic acids is 1. The topological polar surface area (TPSA) is 49.4 Å². The molecule has 0 aromatic carbocycles. The molecule has 0 fully saturated rings. The van der Waals surface area contributed by atoms with Crippen LogP contribution in [0, 0.1) is 0 Å². The van der Waals surface area contributed by atoms with Crippen LogP contribution in [-0.2, 0) is 10.8 Å². The van der Waals surface area contributed by atoms with Crippen molar-refractivity contribution in [3.05, 3.63) is 0 Å². The Hall–Kier alpha value is -0.580. The smallest absolute Gasteiger partial charge is 0.316 e. The molecule has 12 heavy (non-hydrogen) atoms. The minimum Gasteiger partial charge on any atom is -0.337 e. The molecule has 0 radical (unpaired) electrons. The van der Waals surface area contributed by atoms with Crippen LogP contribution in [0.15, 0.2) is 0 Å². The van der Waals surface area contributed by atoms with E-state index in [1.54, 1.807) is 14.1 Å². The highest BCUT2D eigenvalue weighted by Gasteiger charge is 2.02. The highest BCUT2D eigenvalue weighted by Crippen LogP contribution is 1.81. The van der Waals surface area contributed by atoms with E-state index in [1.165, 1.54) is 4.90 Å². The molecule has 1 unspecified atom stereocenters. The van der Waals surface area contributed by atoms with E-state index in [9.17, 15) is 9.00 Å². The largest absolute Gasteiger partial charge is 0.337 e. The third-order valence-corrected chi connectivity index (χ3v) is 2.64. The number of carbonyl (C=O) groups is 1. The monoisotopic (exact) mass is 192 g/mol. The third-order valence-electron chi connectivity index (χ3n) is 1.33. The van der Waals surface area contributed by atoms with E-state index in [1.807, 2.05) is 6.92 Å². The van der Waals surface area contributed by atoms with E-state index in [4.69, 9.17) is 0 Å². The molecular formula is C7H16N2O2S. The van der Waals surface area contributed by atoms with Gasteiger partial charge < -0.3 is 10.2 Å². The van der Waals surface area contributed by atoms with Gasteiger partial charge in [0.25, 0.3) is 0 Å². The van der Waals surface area contributed by atoms with E-state index in [2.05, 4.69) is 5.32 Å². The lowest BCUT2D eigenvalue weighted by molar-refractivity contribution is 0.218. The molecule has 0 aliphatic heterocycles. The molecule has 5 heteroatoms. The molecule has 0 spiro atoms. The fraction of sp³-hybridized carbons (Fsp3) is 0.857. The van der Waals surface area contributed by atoms with E-state index in [0.29, 0.717) is 18.1 Å². The summed E-state index contributed by atoms with van der Waals surface area (Å²) in [6, 6.07) is -0.136. The van der Waals surface area contributed by atoms with Gasteiger partial charge in [0, 0.05) is 42.9 Å². The van der Waals surface area contributed by atoms with Gasteiger partial charge in [0.1, 0.15) is 0 Å². The lowest BCUT2D eigenvalue weighted by atomic mass is 10.7. The molecule has 0 aliphatic rings. The van der Waals surface area contributed by atoms with Crippen molar-refractivity contribution < 1.29 is 9.00 Å². The van der Waals surface area contributed by atoms with Crippen molar-refractivity contribution in [1.82, 2.24) is 10.2 Å². The normalized spacial score (nSPS) is 12.2. The summed E-state index contributed by atoms with van der Waals surface area (Å²) in [6.07, 6.45) is 0. The molecule has 0 rings (SSSR count). The zero-order valence-electron chi connectivity index (χ0n) is 7.79. The summed E-state index contributed by atoms with van der Waals surface area (Å²) in [5.41, 5.74) is 0. The van der Waals surface area contributed by atoms with E-state index in [0.717, 1.165) is 0 Å². The fourth-order valence-electron chi connectivity index (χ4n) is 0.574. The zero-order valence-corrected chi connectivity index (χ0v) is 8.61. The summed E-state index contributed by atoms with van der Waals surface area (Å²) >= 11 is 0. The van der Waals surface area contributed by atoms with Crippen molar-refractivity contribution in [3.63, 3.8) is 0 Å². The van der Waals surface area contributed by atoms with Crippen LogP contribution in [0.5, 0.6) is 0 Å². The minimum atomic E-state index is -0.790. The number of amides is 2. The minimum absolute atomic E-state index is 0.136. The van der Waals surface area contributed by atoms with Crippen LogP contribution in [-0.4, -0.2) is 47.3 Å². The Kier molecular flexibility index (Phi) is 5.70. The second kappa shape index (κ2) is 5.99. The molecule has 0 saturated heterocycles. The van der Waals surface area contributed by atoms with Crippen LogP contribution in [0.2, 0.25) is 0 Å². The number of hydrogen-bond donors (Lipinski definition) is 1. The molecule has 0 saturated carbocycles. The van der Waals surface area contributed by atoms with Crippen molar-refractivity contribution in [2.75, 3.05) is 32.1 Å². The Bertz CT molecular complexity index is 171. The van der Waals surface area contributed by atoms with Crippen LogP contribution >= 0.6 is 0 Å². The molecule has 4 nitrogen and oxygen atoms in total. The van der Waals surface area contributed by atoms with Gasteiger partial charge in [-0.15, -0.1) is 0 Å². The lowest BCUT2D eigenvalue weighted by Crippen LogP contribution is -2.36. The molecule has 0 aliphatic carbocycles.